The van der Waals surface area contributed by atoms with Crippen molar-refractivity contribution in [2.24, 2.45) is 0 Å². The second-order valence-corrected chi connectivity index (χ2v) is 7.14. The molecule has 10 heteroatoms. The molecule has 1 aromatic carbocycles. The van der Waals surface area contributed by atoms with Crippen molar-refractivity contribution in [2.45, 2.75) is 11.1 Å². The summed E-state index contributed by atoms with van der Waals surface area (Å²) >= 11 is 3.13. The van der Waals surface area contributed by atoms with E-state index in [0.29, 0.717) is 9.37 Å². The van der Waals surface area contributed by atoms with Gasteiger partial charge in [-0.15, -0.1) is 0 Å². The first-order valence-electron chi connectivity index (χ1n) is 6.75. The van der Waals surface area contributed by atoms with Crippen LogP contribution in [0.25, 0.3) is 0 Å². The molecule has 5 nitrogen and oxygen atoms in total. The normalized spacial score (nSPS) is 12.5. The Balaban J connectivity index is 2.19. The van der Waals surface area contributed by atoms with Gasteiger partial charge in [-0.05, 0) is 46.3 Å². The zero-order valence-corrected chi connectivity index (χ0v) is 15.2. The highest BCUT2D eigenvalue weighted by molar-refractivity contribution is 9.10. The molecular formula is C15H12BrF3N2O3S. The first kappa shape index (κ1) is 19.4. The summed E-state index contributed by atoms with van der Waals surface area (Å²) in [5, 5.41) is 2.45. The summed E-state index contributed by atoms with van der Waals surface area (Å²) in [6.07, 6.45) is -1.76. The van der Waals surface area contributed by atoms with Gasteiger partial charge in [0.2, 0.25) is 5.88 Å². The molecule has 0 spiro atoms. The van der Waals surface area contributed by atoms with Crippen molar-refractivity contribution in [3.05, 3.63) is 46.6 Å². The predicted molar refractivity (Wildman–Crippen MR) is 90.2 cm³/mol. The second-order valence-electron chi connectivity index (χ2n) is 4.84. The SMILES string of the molecule is C[S@@](=O)c1ccc(C(=O)Nc2cc(Br)cnc2OCC(F)(F)F)cc1. The topological polar surface area (TPSA) is 68.3 Å². The fourth-order valence-electron chi connectivity index (χ4n) is 1.77. The Morgan fingerprint density at radius 2 is 1.96 bits per heavy atom. The van der Waals surface area contributed by atoms with Crippen molar-refractivity contribution >= 4 is 38.3 Å². The minimum atomic E-state index is -4.53. The van der Waals surface area contributed by atoms with E-state index in [-0.39, 0.29) is 17.1 Å². The number of hydrogen-bond acceptors (Lipinski definition) is 4. The molecule has 0 saturated carbocycles. The van der Waals surface area contributed by atoms with E-state index in [9.17, 15) is 22.2 Å². The van der Waals surface area contributed by atoms with Gasteiger partial charge in [0, 0.05) is 38.2 Å². The van der Waals surface area contributed by atoms with Gasteiger partial charge >= 0.3 is 6.18 Å². The fraction of sp³-hybridized carbons (Fsp3) is 0.200. The van der Waals surface area contributed by atoms with Gasteiger partial charge in [-0.3, -0.25) is 9.00 Å². The highest BCUT2D eigenvalue weighted by atomic mass is 79.9. The van der Waals surface area contributed by atoms with Gasteiger partial charge in [0.15, 0.2) is 6.61 Å². The van der Waals surface area contributed by atoms with E-state index in [1.165, 1.54) is 42.8 Å². The molecule has 134 valence electrons. The minimum Gasteiger partial charge on any atom is -0.467 e. The number of alkyl halides is 3. The predicted octanol–water partition coefficient (Wildman–Crippen LogP) is 3.77. The monoisotopic (exact) mass is 436 g/mol. The number of benzene rings is 1. The zero-order valence-electron chi connectivity index (χ0n) is 12.8. The van der Waals surface area contributed by atoms with E-state index < -0.39 is 29.5 Å². The number of nitrogens with one attached hydrogen (secondary N) is 1. The molecule has 2 rings (SSSR count). The third kappa shape index (κ3) is 5.82. The zero-order chi connectivity index (χ0) is 18.6. The molecule has 0 fully saturated rings. The molecule has 0 unspecified atom stereocenters. The summed E-state index contributed by atoms with van der Waals surface area (Å²) in [6, 6.07) is 7.38. The molecule has 0 aliphatic carbocycles. The van der Waals surface area contributed by atoms with Gasteiger partial charge in [-0.25, -0.2) is 4.98 Å². The molecular weight excluding hydrogens is 425 g/mol. The maximum absolute atomic E-state index is 12.3. The van der Waals surface area contributed by atoms with Crippen LogP contribution in [0.15, 0.2) is 45.9 Å². The molecule has 1 atom stereocenters. The lowest BCUT2D eigenvalue weighted by molar-refractivity contribution is -0.153. The Morgan fingerprint density at radius 1 is 1.32 bits per heavy atom. The van der Waals surface area contributed by atoms with Crippen LogP contribution in [0.1, 0.15) is 10.4 Å². The quantitative estimate of drug-likeness (QED) is 0.774. The standard InChI is InChI=1S/C15H12BrF3N2O3S/c1-25(23)11-4-2-9(3-5-11)13(22)21-12-6-10(16)7-20-14(12)24-8-15(17,18)19/h2-7H,8H2,1H3,(H,21,22)/t25-/m1/s1. The van der Waals surface area contributed by atoms with Crippen molar-refractivity contribution in [3.63, 3.8) is 0 Å². The molecule has 0 aliphatic heterocycles. The number of anilines is 1. The van der Waals surface area contributed by atoms with Crippen LogP contribution in [-0.2, 0) is 10.8 Å². The lowest BCUT2D eigenvalue weighted by atomic mass is 10.2. The Kier molecular flexibility index (Phi) is 6.17. The van der Waals surface area contributed by atoms with Gasteiger partial charge in [0.05, 0.1) is 0 Å². The molecule has 25 heavy (non-hydrogen) atoms. The van der Waals surface area contributed by atoms with E-state index >= 15 is 0 Å². The fourth-order valence-corrected chi connectivity index (χ4v) is 2.62. The number of carbonyl (C=O) groups excluding carboxylic acids is 1. The van der Waals surface area contributed by atoms with Gasteiger partial charge in [-0.1, -0.05) is 0 Å². The average Bonchev–Trinajstić information content (AvgIpc) is 2.53. The van der Waals surface area contributed by atoms with Crippen molar-refractivity contribution < 1.29 is 26.9 Å². The number of rotatable bonds is 5. The average molecular weight is 437 g/mol. The number of amides is 1. The molecule has 1 heterocycles. The van der Waals surface area contributed by atoms with E-state index in [0.717, 1.165) is 0 Å². The second kappa shape index (κ2) is 7.96. The number of halogens is 4. The summed E-state index contributed by atoms with van der Waals surface area (Å²) in [5.74, 6) is -0.912. The van der Waals surface area contributed by atoms with Crippen LogP contribution in [0.3, 0.4) is 0 Å². The Labute approximate surface area is 152 Å². The van der Waals surface area contributed by atoms with Crippen molar-refractivity contribution in [1.82, 2.24) is 4.98 Å². The van der Waals surface area contributed by atoms with Gasteiger partial charge in [-0.2, -0.15) is 13.2 Å². The van der Waals surface area contributed by atoms with Crippen LogP contribution in [0.4, 0.5) is 18.9 Å². The van der Waals surface area contributed by atoms with E-state index in [1.807, 2.05) is 0 Å². The molecule has 1 aromatic heterocycles. The maximum Gasteiger partial charge on any atom is 0.422 e. The smallest absolute Gasteiger partial charge is 0.422 e. The lowest BCUT2D eigenvalue weighted by Gasteiger charge is -2.13. The minimum absolute atomic E-state index is 0.00762. The van der Waals surface area contributed by atoms with Crippen molar-refractivity contribution in [3.8, 4) is 5.88 Å². The first-order chi connectivity index (χ1) is 11.7. The number of carbonyl (C=O) groups is 1. The number of aromatic nitrogens is 1. The van der Waals surface area contributed by atoms with Gasteiger partial charge in [0.1, 0.15) is 5.69 Å². The molecule has 1 amide bonds. The number of nitrogens with zero attached hydrogens (tertiary/aromatic N) is 1. The summed E-state index contributed by atoms with van der Waals surface area (Å²) in [6.45, 7) is -1.53. The van der Waals surface area contributed by atoms with Crippen LogP contribution in [0.2, 0.25) is 0 Å². The van der Waals surface area contributed by atoms with Gasteiger partial charge in [0.25, 0.3) is 5.91 Å². The number of pyridine rings is 1. The molecule has 0 saturated heterocycles. The summed E-state index contributed by atoms with van der Waals surface area (Å²) in [5.41, 5.74) is 0.239. The largest absolute Gasteiger partial charge is 0.467 e. The highest BCUT2D eigenvalue weighted by Gasteiger charge is 2.29. The lowest BCUT2D eigenvalue weighted by Crippen LogP contribution is -2.21. The maximum atomic E-state index is 12.3. The summed E-state index contributed by atoms with van der Waals surface area (Å²) < 4.78 is 53.4. The number of ether oxygens (including phenoxy) is 1. The first-order valence-corrected chi connectivity index (χ1v) is 9.11. The van der Waals surface area contributed by atoms with E-state index in [2.05, 4.69) is 31.0 Å². The molecule has 0 radical (unpaired) electrons. The Morgan fingerprint density at radius 3 is 2.52 bits per heavy atom. The summed E-state index contributed by atoms with van der Waals surface area (Å²) in [7, 11) is -1.18. The van der Waals surface area contributed by atoms with E-state index in [1.54, 1.807) is 0 Å². The number of hydrogen-bond donors (Lipinski definition) is 1. The summed E-state index contributed by atoms with van der Waals surface area (Å²) in [4.78, 5) is 16.5. The van der Waals surface area contributed by atoms with Crippen LogP contribution in [-0.4, -0.2) is 34.1 Å². The Hall–Kier alpha value is -1.94. The Bertz CT molecular complexity index is 798. The van der Waals surface area contributed by atoms with E-state index in [4.69, 9.17) is 0 Å². The van der Waals surface area contributed by atoms with Crippen molar-refractivity contribution in [1.29, 1.82) is 0 Å². The van der Waals surface area contributed by atoms with Crippen molar-refractivity contribution in [2.75, 3.05) is 18.2 Å². The molecule has 1 N–H and O–H groups in total. The molecule has 2 aromatic rings. The van der Waals surface area contributed by atoms with Crippen LogP contribution >= 0.6 is 15.9 Å². The molecule has 0 aliphatic rings. The highest BCUT2D eigenvalue weighted by Crippen LogP contribution is 2.27. The third-order valence-corrected chi connectivity index (χ3v) is 4.26. The van der Waals surface area contributed by atoms with Crippen LogP contribution in [0, 0.1) is 0 Å². The van der Waals surface area contributed by atoms with Crippen LogP contribution in [0.5, 0.6) is 5.88 Å². The molecule has 0 bridgehead atoms. The third-order valence-electron chi connectivity index (χ3n) is 2.89. The van der Waals surface area contributed by atoms with Gasteiger partial charge < -0.3 is 10.1 Å². The van der Waals surface area contributed by atoms with Crippen LogP contribution < -0.4 is 10.1 Å².